The molecule has 1 amide bonds. The quantitative estimate of drug-likeness (QED) is 0.555. The number of carbonyl (C=O) groups excluding carboxylic acids is 1. The van der Waals surface area contributed by atoms with Crippen LogP contribution in [-0.2, 0) is 14.8 Å². The van der Waals surface area contributed by atoms with E-state index in [1.165, 1.54) is 0 Å². The first-order valence-electron chi connectivity index (χ1n) is 6.10. The van der Waals surface area contributed by atoms with Crippen LogP contribution >= 0.6 is 0 Å². The maximum Gasteiger partial charge on any atom is 0.339 e. The van der Waals surface area contributed by atoms with Crippen LogP contribution in [0, 0.1) is 0 Å². The van der Waals surface area contributed by atoms with Crippen molar-refractivity contribution in [3.05, 3.63) is 23.8 Å². The molecule has 0 spiro atoms. The first-order chi connectivity index (χ1) is 9.77. The molecule has 0 radical (unpaired) electrons. The molecule has 116 valence electrons. The third kappa shape index (κ3) is 4.72. The van der Waals surface area contributed by atoms with Gasteiger partial charge in [0.1, 0.15) is 11.3 Å². The van der Waals surface area contributed by atoms with Gasteiger partial charge in [-0.3, -0.25) is 4.79 Å². The second kappa shape index (κ2) is 7.04. The van der Waals surface area contributed by atoms with Gasteiger partial charge in [0, 0.05) is 19.5 Å². The van der Waals surface area contributed by atoms with Crippen LogP contribution < -0.4 is 10.0 Å². The first kappa shape index (κ1) is 16.9. The van der Waals surface area contributed by atoms with E-state index in [4.69, 9.17) is 5.11 Å². The van der Waals surface area contributed by atoms with Gasteiger partial charge in [-0.15, -0.1) is 0 Å². The molecule has 8 nitrogen and oxygen atoms in total. The minimum Gasteiger partial charge on any atom is -0.507 e. The van der Waals surface area contributed by atoms with Crippen molar-refractivity contribution >= 4 is 21.9 Å². The molecule has 0 aliphatic carbocycles. The number of rotatable bonds is 7. The fourth-order valence-electron chi connectivity index (χ4n) is 1.52. The van der Waals surface area contributed by atoms with E-state index in [2.05, 4.69) is 10.0 Å². The van der Waals surface area contributed by atoms with Crippen molar-refractivity contribution in [2.45, 2.75) is 18.2 Å². The lowest BCUT2D eigenvalue weighted by Gasteiger charge is -2.08. The number of carboxylic acid groups (broad SMARTS) is 1. The summed E-state index contributed by atoms with van der Waals surface area (Å²) in [4.78, 5) is 21.7. The molecule has 1 aromatic rings. The van der Waals surface area contributed by atoms with Gasteiger partial charge in [0.25, 0.3) is 0 Å². The van der Waals surface area contributed by atoms with Crippen LogP contribution in [0.4, 0.5) is 0 Å². The summed E-state index contributed by atoms with van der Waals surface area (Å²) in [6, 6.07) is 2.92. The molecular weight excluding hydrogens is 300 g/mol. The zero-order valence-electron chi connectivity index (χ0n) is 11.3. The van der Waals surface area contributed by atoms with E-state index < -0.39 is 27.3 Å². The Hall–Kier alpha value is -2.13. The number of carbonyl (C=O) groups is 2. The summed E-state index contributed by atoms with van der Waals surface area (Å²) < 4.78 is 26.1. The summed E-state index contributed by atoms with van der Waals surface area (Å²) in [5.74, 6) is -2.26. The van der Waals surface area contributed by atoms with Crippen molar-refractivity contribution in [2.75, 3.05) is 13.1 Å². The lowest BCUT2D eigenvalue weighted by Crippen LogP contribution is -2.30. The van der Waals surface area contributed by atoms with Crippen molar-refractivity contribution in [1.29, 1.82) is 0 Å². The summed E-state index contributed by atoms with van der Waals surface area (Å²) in [7, 11) is -3.95. The van der Waals surface area contributed by atoms with E-state index in [1.54, 1.807) is 6.92 Å². The number of sulfonamides is 1. The monoisotopic (exact) mass is 316 g/mol. The van der Waals surface area contributed by atoms with Crippen molar-refractivity contribution in [3.8, 4) is 5.75 Å². The maximum atomic E-state index is 11.9. The van der Waals surface area contributed by atoms with Gasteiger partial charge in [0.2, 0.25) is 15.9 Å². The van der Waals surface area contributed by atoms with E-state index in [1.807, 2.05) is 0 Å². The minimum atomic E-state index is -3.95. The van der Waals surface area contributed by atoms with Gasteiger partial charge in [0.05, 0.1) is 4.90 Å². The number of nitrogens with one attached hydrogen (secondary N) is 2. The van der Waals surface area contributed by atoms with Crippen LogP contribution in [-0.4, -0.2) is 43.6 Å². The lowest BCUT2D eigenvalue weighted by atomic mass is 10.2. The van der Waals surface area contributed by atoms with Crippen LogP contribution in [0.25, 0.3) is 0 Å². The number of aromatic carboxylic acids is 1. The van der Waals surface area contributed by atoms with E-state index in [0.29, 0.717) is 6.54 Å². The molecule has 0 aromatic heterocycles. The third-order valence-corrected chi connectivity index (χ3v) is 3.99. The Kier molecular flexibility index (Phi) is 5.68. The molecule has 0 heterocycles. The van der Waals surface area contributed by atoms with E-state index in [0.717, 1.165) is 18.2 Å². The molecule has 0 saturated heterocycles. The highest BCUT2D eigenvalue weighted by Gasteiger charge is 2.18. The molecule has 9 heteroatoms. The number of amides is 1. The average molecular weight is 316 g/mol. The van der Waals surface area contributed by atoms with Crippen LogP contribution in [0.2, 0.25) is 0 Å². The number of benzene rings is 1. The largest absolute Gasteiger partial charge is 0.507 e. The summed E-state index contributed by atoms with van der Waals surface area (Å²) in [6.07, 6.45) is -0.0308. The molecule has 0 bridgehead atoms. The predicted octanol–water partition coefficient (Wildman–Crippen LogP) is -0.105. The molecule has 0 aliphatic heterocycles. The zero-order chi connectivity index (χ0) is 16.0. The minimum absolute atomic E-state index is 0.0308. The summed E-state index contributed by atoms with van der Waals surface area (Å²) >= 11 is 0. The number of carboxylic acids is 1. The predicted molar refractivity (Wildman–Crippen MR) is 73.6 cm³/mol. The molecule has 4 N–H and O–H groups in total. The highest BCUT2D eigenvalue weighted by atomic mass is 32.2. The van der Waals surface area contributed by atoms with Crippen molar-refractivity contribution in [2.24, 2.45) is 0 Å². The summed E-state index contributed by atoms with van der Waals surface area (Å²) in [5, 5.41) is 20.7. The van der Waals surface area contributed by atoms with E-state index in [-0.39, 0.29) is 23.8 Å². The number of hydrogen-bond donors (Lipinski definition) is 4. The first-order valence-corrected chi connectivity index (χ1v) is 7.59. The summed E-state index contributed by atoms with van der Waals surface area (Å²) in [6.45, 7) is 2.08. The highest BCUT2D eigenvalue weighted by Crippen LogP contribution is 2.21. The summed E-state index contributed by atoms with van der Waals surface area (Å²) in [5.41, 5.74) is -0.512. The van der Waals surface area contributed by atoms with Gasteiger partial charge in [-0.1, -0.05) is 0 Å². The second-order valence-corrected chi connectivity index (χ2v) is 5.85. The van der Waals surface area contributed by atoms with E-state index >= 15 is 0 Å². The third-order valence-electron chi connectivity index (χ3n) is 2.53. The molecule has 0 aliphatic rings. The molecule has 1 aromatic carbocycles. The molecular formula is C12H16N2O6S. The van der Waals surface area contributed by atoms with Gasteiger partial charge in [-0.2, -0.15) is 0 Å². The number of phenols is 1. The second-order valence-electron chi connectivity index (χ2n) is 4.09. The standard InChI is InChI=1S/C12H16N2O6S/c1-2-13-11(16)5-6-14-21(19,20)8-3-4-10(15)9(7-8)12(17)18/h3-4,7,14-15H,2,5-6H2,1H3,(H,13,16)(H,17,18). The lowest BCUT2D eigenvalue weighted by molar-refractivity contribution is -0.120. The Balaban J connectivity index is 2.81. The van der Waals surface area contributed by atoms with Crippen LogP contribution in [0.15, 0.2) is 23.1 Å². The molecule has 0 saturated carbocycles. The van der Waals surface area contributed by atoms with Gasteiger partial charge in [-0.05, 0) is 25.1 Å². The fourth-order valence-corrected chi connectivity index (χ4v) is 2.58. The number of aromatic hydroxyl groups is 1. The topological polar surface area (TPSA) is 133 Å². The van der Waals surface area contributed by atoms with Crippen LogP contribution in [0.5, 0.6) is 5.75 Å². The maximum absolute atomic E-state index is 11.9. The number of hydrogen-bond acceptors (Lipinski definition) is 5. The SMILES string of the molecule is CCNC(=O)CCNS(=O)(=O)c1ccc(O)c(C(=O)O)c1. The van der Waals surface area contributed by atoms with Crippen molar-refractivity contribution < 1.29 is 28.2 Å². The molecule has 0 unspecified atom stereocenters. The van der Waals surface area contributed by atoms with Crippen molar-refractivity contribution in [1.82, 2.24) is 10.0 Å². The Morgan fingerprint density at radius 2 is 1.95 bits per heavy atom. The molecule has 1 rings (SSSR count). The van der Waals surface area contributed by atoms with E-state index in [9.17, 15) is 23.1 Å². The Morgan fingerprint density at radius 3 is 2.52 bits per heavy atom. The Bertz CT molecular complexity index is 641. The molecule has 21 heavy (non-hydrogen) atoms. The average Bonchev–Trinajstić information content (AvgIpc) is 2.38. The fraction of sp³-hybridized carbons (Fsp3) is 0.333. The normalized spacial score (nSPS) is 11.1. The Morgan fingerprint density at radius 1 is 1.29 bits per heavy atom. The Labute approximate surface area is 121 Å². The zero-order valence-corrected chi connectivity index (χ0v) is 12.1. The van der Waals surface area contributed by atoms with Gasteiger partial charge in [-0.25, -0.2) is 17.9 Å². The van der Waals surface area contributed by atoms with Gasteiger partial charge in [0.15, 0.2) is 0 Å². The van der Waals surface area contributed by atoms with Gasteiger partial charge >= 0.3 is 5.97 Å². The molecule has 0 atom stereocenters. The van der Waals surface area contributed by atoms with Crippen molar-refractivity contribution in [3.63, 3.8) is 0 Å². The van der Waals surface area contributed by atoms with Crippen LogP contribution in [0.3, 0.4) is 0 Å². The highest BCUT2D eigenvalue weighted by molar-refractivity contribution is 7.89. The smallest absolute Gasteiger partial charge is 0.339 e. The van der Waals surface area contributed by atoms with Gasteiger partial charge < -0.3 is 15.5 Å². The van der Waals surface area contributed by atoms with Crippen LogP contribution in [0.1, 0.15) is 23.7 Å². The molecule has 0 fully saturated rings.